The van der Waals surface area contributed by atoms with Gasteiger partial charge in [-0.15, -0.1) is 0 Å². The Morgan fingerprint density at radius 3 is 2.38 bits per heavy atom. The number of benzene rings is 1. The van der Waals surface area contributed by atoms with E-state index in [-0.39, 0.29) is 10.6 Å². The number of hydrogen-bond acceptors (Lipinski definition) is 3. The van der Waals surface area contributed by atoms with Gasteiger partial charge in [0.1, 0.15) is 11.2 Å². The summed E-state index contributed by atoms with van der Waals surface area (Å²) in [6, 6.07) is 3.51. The molecule has 0 atom stereocenters. The van der Waals surface area contributed by atoms with E-state index in [0.29, 0.717) is 0 Å². The molecular weight excluding hydrogens is 316 g/mol. The Balaban J connectivity index is 2.52. The molecule has 0 bridgehead atoms. The van der Waals surface area contributed by atoms with E-state index in [1.54, 1.807) is 0 Å². The highest BCUT2D eigenvalue weighted by Crippen LogP contribution is 2.58. The van der Waals surface area contributed by atoms with Crippen LogP contribution < -0.4 is 0 Å². The minimum absolute atomic E-state index is 0.190. The van der Waals surface area contributed by atoms with E-state index < -0.39 is 41.8 Å². The first kappa shape index (κ1) is 16.0. The van der Waals surface area contributed by atoms with Gasteiger partial charge in [-0.1, -0.05) is 17.7 Å². The molecule has 1 aliphatic carbocycles. The summed E-state index contributed by atoms with van der Waals surface area (Å²) in [5, 5.41) is 9.38. The number of esters is 1. The van der Waals surface area contributed by atoms with Crippen molar-refractivity contribution >= 4 is 17.6 Å². The number of aliphatic hydroxyl groups is 1. The molecule has 0 saturated heterocycles. The zero-order valence-electron chi connectivity index (χ0n) is 10.8. The number of rotatable bonds is 2. The molecule has 0 spiro atoms. The lowest BCUT2D eigenvalue weighted by atomic mass is 9.55. The minimum Gasteiger partial charge on any atom is -0.468 e. The van der Waals surface area contributed by atoms with E-state index >= 15 is 0 Å². The third kappa shape index (κ3) is 2.28. The van der Waals surface area contributed by atoms with Crippen LogP contribution in [-0.4, -0.2) is 30.0 Å². The zero-order valence-corrected chi connectivity index (χ0v) is 11.6. The minimum atomic E-state index is -4.93. The topological polar surface area (TPSA) is 46.5 Å². The lowest BCUT2D eigenvalue weighted by Crippen LogP contribution is -2.65. The normalized spacial score (nSPS) is 28.9. The zero-order chi connectivity index (χ0) is 16.1. The molecule has 1 fully saturated rings. The third-order valence-corrected chi connectivity index (χ3v) is 4.05. The van der Waals surface area contributed by atoms with Crippen molar-refractivity contribution in [2.45, 2.75) is 30.0 Å². The third-order valence-electron chi connectivity index (χ3n) is 3.73. The van der Waals surface area contributed by atoms with Crippen molar-refractivity contribution in [3.05, 3.63) is 34.6 Å². The van der Waals surface area contributed by atoms with Gasteiger partial charge in [0.2, 0.25) is 0 Å². The molecule has 8 heteroatoms. The molecule has 3 nitrogen and oxygen atoms in total. The van der Waals surface area contributed by atoms with Crippen molar-refractivity contribution in [3.8, 4) is 0 Å². The van der Waals surface area contributed by atoms with Crippen LogP contribution in [0.4, 0.5) is 17.6 Å². The summed E-state index contributed by atoms with van der Waals surface area (Å²) >= 11 is 5.82. The summed E-state index contributed by atoms with van der Waals surface area (Å²) in [4.78, 5) is 11.9. The smallest absolute Gasteiger partial charge is 0.417 e. The van der Waals surface area contributed by atoms with Crippen LogP contribution in [0.5, 0.6) is 0 Å². The van der Waals surface area contributed by atoms with Crippen molar-refractivity contribution in [2.24, 2.45) is 0 Å². The molecular formula is C13H11ClF4O3. The quantitative estimate of drug-likeness (QED) is 0.671. The highest BCUT2D eigenvalue weighted by atomic mass is 35.5. The Kier molecular flexibility index (Phi) is 3.70. The SMILES string of the molecule is COC(=O)C1(c2c(F)cccc2Cl)CC(O)(C(F)(F)F)C1. The van der Waals surface area contributed by atoms with Crippen LogP contribution in [0.3, 0.4) is 0 Å². The average molecular weight is 327 g/mol. The second-order valence-electron chi connectivity index (χ2n) is 5.05. The van der Waals surface area contributed by atoms with Crippen LogP contribution in [0.1, 0.15) is 18.4 Å². The van der Waals surface area contributed by atoms with Crippen LogP contribution in [0.2, 0.25) is 5.02 Å². The fraction of sp³-hybridized carbons (Fsp3) is 0.462. The summed E-state index contributed by atoms with van der Waals surface area (Å²) in [7, 11) is 0.976. The van der Waals surface area contributed by atoms with E-state index in [2.05, 4.69) is 4.74 Å². The van der Waals surface area contributed by atoms with Gasteiger partial charge in [-0.2, -0.15) is 13.2 Å². The van der Waals surface area contributed by atoms with Crippen LogP contribution in [-0.2, 0) is 14.9 Å². The van der Waals surface area contributed by atoms with Gasteiger partial charge in [0.05, 0.1) is 7.11 Å². The summed E-state index contributed by atoms with van der Waals surface area (Å²) < 4.78 is 56.8. The number of alkyl halides is 3. The van der Waals surface area contributed by atoms with Crippen LogP contribution in [0, 0.1) is 5.82 Å². The van der Waals surface area contributed by atoms with E-state index in [1.807, 2.05) is 0 Å². The number of methoxy groups -OCH3 is 1. The van der Waals surface area contributed by atoms with Gasteiger partial charge in [0.15, 0.2) is 5.60 Å². The molecule has 0 unspecified atom stereocenters. The van der Waals surface area contributed by atoms with Gasteiger partial charge in [0.25, 0.3) is 0 Å². The van der Waals surface area contributed by atoms with Crippen molar-refractivity contribution in [2.75, 3.05) is 7.11 Å². The first-order valence-corrected chi connectivity index (χ1v) is 6.27. The predicted octanol–water partition coefficient (Wildman–Crippen LogP) is 2.98. The second-order valence-corrected chi connectivity index (χ2v) is 5.46. The highest BCUT2D eigenvalue weighted by molar-refractivity contribution is 6.31. The van der Waals surface area contributed by atoms with Gasteiger partial charge in [-0.25, -0.2) is 4.39 Å². The van der Waals surface area contributed by atoms with Crippen LogP contribution >= 0.6 is 11.6 Å². The van der Waals surface area contributed by atoms with Crippen molar-refractivity contribution < 1.29 is 32.2 Å². The number of hydrogen-bond donors (Lipinski definition) is 1. The van der Waals surface area contributed by atoms with Gasteiger partial charge < -0.3 is 9.84 Å². The second kappa shape index (κ2) is 4.84. The molecule has 0 radical (unpaired) electrons. The summed E-state index contributed by atoms with van der Waals surface area (Å²) in [5.74, 6) is -1.99. The van der Waals surface area contributed by atoms with E-state index in [9.17, 15) is 27.5 Å². The molecule has 21 heavy (non-hydrogen) atoms. The van der Waals surface area contributed by atoms with E-state index in [4.69, 9.17) is 11.6 Å². The molecule has 2 rings (SSSR count). The van der Waals surface area contributed by atoms with Gasteiger partial charge >= 0.3 is 12.1 Å². The molecule has 0 amide bonds. The predicted molar refractivity (Wildman–Crippen MR) is 65.3 cm³/mol. The average Bonchev–Trinajstić information content (AvgIpc) is 2.33. The molecule has 116 valence electrons. The highest BCUT2D eigenvalue weighted by Gasteiger charge is 2.71. The Hall–Kier alpha value is -1.34. The van der Waals surface area contributed by atoms with Crippen molar-refractivity contribution in [3.63, 3.8) is 0 Å². The number of carbonyl (C=O) groups excluding carboxylic acids is 1. The van der Waals surface area contributed by atoms with Crippen molar-refractivity contribution in [1.82, 2.24) is 0 Å². The summed E-state index contributed by atoms with van der Waals surface area (Å²) in [6.45, 7) is 0. The summed E-state index contributed by atoms with van der Waals surface area (Å²) in [6.07, 6.45) is -6.99. The van der Waals surface area contributed by atoms with Gasteiger partial charge in [-0.3, -0.25) is 4.79 Å². The van der Waals surface area contributed by atoms with Crippen LogP contribution in [0.25, 0.3) is 0 Å². The Bertz CT molecular complexity index is 559. The Morgan fingerprint density at radius 1 is 1.38 bits per heavy atom. The number of ether oxygens (including phenoxy) is 1. The van der Waals surface area contributed by atoms with Crippen LogP contribution in [0.15, 0.2) is 18.2 Å². The first-order valence-electron chi connectivity index (χ1n) is 5.89. The molecule has 0 heterocycles. The van der Waals surface area contributed by atoms with Gasteiger partial charge in [0, 0.05) is 23.4 Å². The molecule has 1 aliphatic rings. The number of carbonyl (C=O) groups is 1. The Labute approximate surface area is 122 Å². The fourth-order valence-corrected chi connectivity index (χ4v) is 3.06. The lowest BCUT2D eigenvalue weighted by Gasteiger charge is -2.51. The molecule has 1 aromatic rings. The Morgan fingerprint density at radius 2 is 1.95 bits per heavy atom. The maximum Gasteiger partial charge on any atom is 0.417 e. The molecule has 1 aromatic carbocycles. The van der Waals surface area contributed by atoms with E-state index in [0.717, 1.165) is 13.2 Å². The molecule has 1 N–H and O–H groups in total. The fourth-order valence-electron chi connectivity index (χ4n) is 2.72. The largest absolute Gasteiger partial charge is 0.468 e. The number of halogens is 5. The first-order chi connectivity index (χ1) is 9.57. The standard InChI is InChI=1S/C13H11ClF4O3/c1-21-10(19)11(5-12(20,6-11)13(16,17)18)9-7(14)3-2-4-8(9)15/h2-4,20H,5-6H2,1H3. The lowest BCUT2D eigenvalue weighted by molar-refractivity contribution is -0.303. The molecule has 0 aliphatic heterocycles. The van der Waals surface area contributed by atoms with Crippen molar-refractivity contribution in [1.29, 1.82) is 0 Å². The maximum atomic E-state index is 14.0. The van der Waals surface area contributed by atoms with E-state index in [1.165, 1.54) is 12.1 Å². The maximum absolute atomic E-state index is 14.0. The van der Waals surface area contributed by atoms with Gasteiger partial charge in [-0.05, 0) is 12.1 Å². The summed E-state index contributed by atoms with van der Waals surface area (Å²) in [5.41, 5.74) is -5.39. The molecule has 1 saturated carbocycles. The monoisotopic (exact) mass is 326 g/mol. The molecule has 0 aromatic heterocycles.